The van der Waals surface area contributed by atoms with Gasteiger partial charge in [-0.3, -0.25) is 9.59 Å². The van der Waals surface area contributed by atoms with Crippen molar-refractivity contribution >= 4 is 11.7 Å². The van der Waals surface area contributed by atoms with Crippen molar-refractivity contribution < 1.29 is 23.5 Å². The van der Waals surface area contributed by atoms with Crippen LogP contribution in [-0.4, -0.2) is 43.4 Å². The maximum Gasteiger partial charge on any atom is 0.253 e. The maximum absolute atomic E-state index is 13.6. The highest BCUT2D eigenvalue weighted by Crippen LogP contribution is 2.39. The van der Waals surface area contributed by atoms with Gasteiger partial charge in [0.05, 0.1) is 7.11 Å². The number of halogens is 1. The van der Waals surface area contributed by atoms with Crippen LogP contribution in [0.2, 0.25) is 0 Å². The molecule has 0 unspecified atom stereocenters. The van der Waals surface area contributed by atoms with Crippen molar-refractivity contribution in [3.63, 3.8) is 0 Å². The van der Waals surface area contributed by atoms with Gasteiger partial charge in [-0.15, -0.1) is 0 Å². The molecule has 2 heterocycles. The number of carbonyl (C=O) groups is 2. The van der Waals surface area contributed by atoms with Crippen molar-refractivity contribution in [2.45, 2.75) is 25.2 Å². The Bertz CT molecular complexity index is 1210. The van der Waals surface area contributed by atoms with Crippen molar-refractivity contribution in [1.82, 2.24) is 4.90 Å². The lowest BCUT2D eigenvalue weighted by Gasteiger charge is -2.37. The fraction of sp³-hybridized carbons (Fsp3) is 0.310. The quantitative estimate of drug-likeness (QED) is 0.522. The summed E-state index contributed by atoms with van der Waals surface area (Å²) in [6.07, 6.45) is 1.98. The number of likely N-dealkylation sites (tertiary alicyclic amines) is 1. The van der Waals surface area contributed by atoms with E-state index in [4.69, 9.17) is 9.47 Å². The minimum Gasteiger partial charge on any atom is -0.497 e. The molecule has 2 aliphatic rings. The van der Waals surface area contributed by atoms with E-state index < -0.39 is 0 Å². The molecule has 1 atom stereocenters. The number of benzene rings is 3. The van der Waals surface area contributed by atoms with Gasteiger partial charge >= 0.3 is 0 Å². The van der Waals surface area contributed by atoms with Crippen LogP contribution in [0.15, 0.2) is 66.7 Å². The molecule has 0 aromatic heterocycles. The monoisotopic (exact) mass is 473 g/mol. The van der Waals surface area contributed by atoms with Crippen LogP contribution in [0.5, 0.6) is 11.5 Å². The van der Waals surface area contributed by atoms with Crippen LogP contribution >= 0.6 is 0 Å². The molecule has 5 rings (SSSR count). The molecule has 35 heavy (non-hydrogen) atoms. The van der Waals surface area contributed by atoms with Gasteiger partial charge in [-0.1, -0.05) is 24.3 Å². The standard InChI is InChI=1S/C29H28FNO4/c1-34-26-9-4-20(5-10-26)28(19-2-7-24(30)8-3-19)21-12-14-31(15-13-21)29(33)22-6-11-27-23(16-22)17-25(32)18-35-27/h2-11,16,21,28H,12-15,17-18H2,1H3/t28-/m1/s1. The van der Waals surface area contributed by atoms with Gasteiger partial charge in [0.15, 0.2) is 5.78 Å². The van der Waals surface area contributed by atoms with E-state index in [0.717, 1.165) is 35.3 Å². The number of hydrogen-bond acceptors (Lipinski definition) is 4. The van der Waals surface area contributed by atoms with Crippen LogP contribution in [0.4, 0.5) is 4.39 Å². The van der Waals surface area contributed by atoms with E-state index in [1.165, 1.54) is 12.1 Å². The van der Waals surface area contributed by atoms with Crippen LogP contribution in [0.25, 0.3) is 0 Å². The van der Waals surface area contributed by atoms with E-state index in [0.29, 0.717) is 36.7 Å². The van der Waals surface area contributed by atoms with Crippen LogP contribution in [0.3, 0.4) is 0 Å². The zero-order valence-electron chi connectivity index (χ0n) is 19.7. The average Bonchev–Trinajstić information content (AvgIpc) is 2.90. The Morgan fingerprint density at radius 3 is 2.31 bits per heavy atom. The van der Waals surface area contributed by atoms with Gasteiger partial charge in [0, 0.05) is 36.6 Å². The molecule has 6 heteroatoms. The van der Waals surface area contributed by atoms with E-state index in [1.54, 1.807) is 25.3 Å². The van der Waals surface area contributed by atoms with Gasteiger partial charge in [-0.2, -0.15) is 0 Å². The lowest BCUT2D eigenvalue weighted by molar-refractivity contribution is -0.121. The fourth-order valence-corrected chi connectivity index (χ4v) is 5.25. The molecule has 0 aliphatic carbocycles. The average molecular weight is 474 g/mol. The normalized spacial score (nSPS) is 16.9. The summed E-state index contributed by atoms with van der Waals surface area (Å²) in [7, 11) is 1.65. The molecular formula is C29H28FNO4. The van der Waals surface area contributed by atoms with Gasteiger partial charge in [0.25, 0.3) is 5.91 Å². The second kappa shape index (κ2) is 9.90. The molecule has 0 N–H and O–H groups in total. The lowest BCUT2D eigenvalue weighted by atomic mass is 9.76. The smallest absolute Gasteiger partial charge is 0.253 e. The summed E-state index contributed by atoms with van der Waals surface area (Å²) in [5.74, 6) is 1.64. The second-order valence-corrected chi connectivity index (χ2v) is 9.26. The number of piperidine rings is 1. The first kappa shape index (κ1) is 23.1. The van der Waals surface area contributed by atoms with Crippen LogP contribution < -0.4 is 9.47 Å². The largest absolute Gasteiger partial charge is 0.497 e. The SMILES string of the molecule is COc1ccc([C@@H](c2ccc(F)cc2)C2CCN(C(=O)c3ccc4c(c3)CC(=O)CO4)CC2)cc1. The number of amides is 1. The summed E-state index contributed by atoms with van der Waals surface area (Å²) in [5.41, 5.74) is 3.59. The van der Waals surface area contributed by atoms with E-state index >= 15 is 0 Å². The Hall–Kier alpha value is -3.67. The van der Waals surface area contributed by atoms with Gasteiger partial charge in [-0.25, -0.2) is 4.39 Å². The highest BCUT2D eigenvalue weighted by Gasteiger charge is 2.31. The molecule has 0 saturated carbocycles. The number of rotatable bonds is 5. The van der Waals surface area contributed by atoms with Gasteiger partial charge in [-0.05, 0) is 72.4 Å². The Kier molecular flexibility index (Phi) is 6.53. The number of ketones is 1. The molecule has 1 amide bonds. The third kappa shape index (κ3) is 4.92. The van der Waals surface area contributed by atoms with Gasteiger partial charge in [0.2, 0.25) is 0 Å². The van der Waals surface area contributed by atoms with E-state index in [1.807, 2.05) is 29.2 Å². The Balaban J connectivity index is 1.33. The number of nitrogens with zero attached hydrogens (tertiary/aromatic N) is 1. The summed E-state index contributed by atoms with van der Waals surface area (Å²) in [4.78, 5) is 26.9. The molecule has 0 bridgehead atoms. The third-order valence-electron chi connectivity index (χ3n) is 7.09. The zero-order chi connectivity index (χ0) is 24.4. The molecule has 3 aromatic rings. The molecule has 1 saturated heterocycles. The van der Waals surface area contributed by atoms with Crippen molar-refractivity contribution in [2.75, 3.05) is 26.8 Å². The van der Waals surface area contributed by atoms with E-state index in [9.17, 15) is 14.0 Å². The molecule has 0 spiro atoms. The minimum absolute atomic E-state index is 0.0212. The molecule has 1 fully saturated rings. The summed E-state index contributed by atoms with van der Waals surface area (Å²) in [6, 6.07) is 20.1. The maximum atomic E-state index is 13.6. The third-order valence-corrected chi connectivity index (χ3v) is 7.09. The van der Waals surface area contributed by atoms with Crippen molar-refractivity contribution in [1.29, 1.82) is 0 Å². The summed E-state index contributed by atoms with van der Waals surface area (Å²) in [5, 5.41) is 0. The summed E-state index contributed by atoms with van der Waals surface area (Å²) >= 11 is 0. The van der Waals surface area contributed by atoms with Crippen molar-refractivity contribution in [3.05, 3.63) is 94.8 Å². The number of Topliss-reactive ketones (excluding diaryl/α,β-unsaturated/α-hetero) is 1. The molecule has 180 valence electrons. The highest BCUT2D eigenvalue weighted by atomic mass is 19.1. The Morgan fingerprint density at radius 2 is 1.66 bits per heavy atom. The summed E-state index contributed by atoms with van der Waals surface area (Å²) < 4.78 is 24.4. The lowest BCUT2D eigenvalue weighted by Crippen LogP contribution is -2.40. The van der Waals surface area contributed by atoms with Crippen LogP contribution in [0, 0.1) is 11.7 Å². The van der Waals surface area contributed by atoms with Crippen LogP contribution in [0.1, 0.15) is 45.8 Å². The first-order valence-electron chi connectivity index (χ1n) is 12.0. The molecule has 0 radical (unpaired) electrons. The predicted molar refractivity (Wildman–Crippen MR) is 131 cm³/mol. The van der Waals surface area contributed by atoms with Gasteiger partial charge < -0.3 is 14.4 Å². The predicted octanol–water partition coefficient (Wildman–Crippen LogP) is 5.02. The molecule has 2 aliphatic heterocycles. The van der Waals surface area contributed by atoms with E-state index in [-0.39, 0.29) is 30.0 Å². The minimum atomic E-state index is -0.250. The van der Waals surface area contributed by atoms with Crippen molar-refractivity contribution in [3.8, 4) is 11.5 Å². The van der Waals surface area contributed by atoms with Crippen LogP contribution in [-0.2, 0) is 11.2 Å². The second-order valence-electron chi connectivity index (χ2n) is 9.26. The summed E-state index contributed by atoms with van der Waals surface area (Å²) in [6.45, 7) is 1.38. The van der Waals surface area contributed by atoms with Gasteiger partial charge in [0.1, 0.15) is 23.9 Å². The fourth-order valence-electron chi connectivity index (χ4n) is 5.25. The molecule has 3 aromatic carbocycles. The zero-order valence-corrected chi connectivity index (χ0v) is 19.7. The first-order valence-corrected chi connectivity index (χ1v) is 12.0. The Labute approximate surface area is 204 Å². The first-order chi connectivity index (χ1) is 17.0. The number of hydrogen-bond donors (Lipinski definition) is 0. The number of fused-ring (bicyclic) bond motifs is 1. The van der Waals surface area contributed by atoms with Crippen molar-refractivity contribution in [2.24, 2.45) is 5.92 Å². The topological polar surface area (TPSA) is 55.8 Å². The molecular weight excluding hydrogens is 445 g/mol. The molecule has 5 nitrogen and oxygen atoms in total. The number of carbonyl (C=O) groups excluding carboxylic acids is 2. The Morgan fingerprint density at radius 1 is 1.00 bits per heavy atom. The number of ether oxygens (including phenoxy) is 2. The highest BCUT2D eigenvalue weighted by molar-refractivity contribution is 5.95. The van der Waals surface area contributed by atoms with E-state index in [2.05, 4.69) is 12.1 Å². The number of methoxy groups -OCH3 is 1.